The summed E-state index contributed by atoms with van der Waals surface area (Å²) in [5.41, 5.74) is 0.748. The van der Waals surface area contributed by atoms with E-state index in [1.54, 1.807) is 12.1 Å². The van der Waals surface area contributed by atoms with E-state index in [2.05, 4.69) is 10.1 Å². The van der Waals surface area contributed by atoms with E-state index in [-0.39, 0.29) is 35.9 Å². The summed E-state index contributed by atoms with van der Waals surface area (Å²) < 4.78 is 17.4. The van der Waals surface area contributed by atoms with Crippen molar-refractivity contribution in [3.05, 3.63) is 35.6 Å². The van der Waals surface area contributed by atoms with Gasteiger partial charge in [0.25, 0.3) is 0 Å². The van der Waals surface area contributed by atoms with E-state index in [9.17, 15) is 18.8 Å². The lowest BCUT2D eigenvalue weighted by Gasteiger charge is -2.23. The summed E-state index contributed by atoms with van der Waals surface area (Å²) in [5, 5.41) is 2.05. The fraction of sp³-hybridized carbons (Fsp3) is 0.357. The number of nitrogens with zero attached hydrogens (tertiary/aromatic N) is 1. The minimum absolute atomic E-state index is 0.162. The Morgan fingerprint density at radius 3 is 2.73 bits per heavy atom. The summed E-state index contributed by atoms with van der Waals surface area (Å²) in [6, 6.07) is 5.80. The van der Waals surface area contributed by atoms with Crippen molar-refractivity contribution in [1.29, 1.82) is 0 Å². The van der Waals surface area contributed by atoms with E-state index in [1.165, 1.54) is 35.9 Å². The van der Waals surface area contributed by atoms with Crippen LogP contribution in [0.5, 0.6) is 0 Å². The van der Waals surface area contributed by atoms with Gasteiger partial charge in [-0.05, 0) is 17.7 Å². The number of carbonyl (C=O) groups is 3. The molecule has 1 atom stereocenters. The van der Waals surface area contributed by atoms with Crippen LogP contribution in [0.1, 0.15) is 10.9 Å². The Kier molecular flexibility index (Phi) is 5.37. The van der Waals surface area contributed by atoms with Gasteiger partial charge in [0.2, 0.25) is 11.8 Å². The average Bonchev–Trinajstić information content (AvgIpc) is 2.87. The Bertz CT molecular complexity index is 579. The Hall–Kier alpha value is -2.09. The molecule has 8 heteroatoms. The number of hydrogen-bond acceptors (Lipinski definition) is 5. The number of methoxy groups -OCH3 is 1. The fourth-order valence-electron chi connectivity index (χ4n) is 1.98. The highest BCUT2D eigenvalue weighted by molar-refractivity contribution is 8.00. The number of esters is 1. The molecule has 2 amide bonds. The van der Waals surface area contributed by atoms with Gasteiger partial charge in [0, 0.05) is 0 Å². The molecule has 1 N–H and O–H groups in total. The van der Waals surface area contributed by atoms with Gasteiger partial charge in [-0.1, -0.05) is 12.1 Å². The van der Waals surface area contributed by atoms with Gasteiger partial charge in [-0.2, -0.15) is 0 Å². The largest absolute Gasteiger partial charge is 0.468 e. The average molecular weight is 326 g/mol. The number of nitrogens with one attached hydrogen (secondary N) is 1. The number of rotatable bonds is 5. The normalized spacial score (nSPS) is 17.5. The third-order valence-corrected chi connectivity index (χ3v) is 4.35. The third kappa shape index (κ3) is 3.97. The van der Waals surface area contributed by atoms with Crippen molar-refractivity contribution >= 4 is 29.5 Å². The monoisotopic (exact) mass is 326 g/mol. The summed E-state index contributed by atoms with van der Waals surface area (Å²) >= 11 is 1.37. The van der Waals surface area contributed by atoms with Crippen LogP contribution in [0.2, 0.25) is 0 Å². The number of ether oxygens (including phenoxy) is 1. The van der Waals surface area contributed by atoms with Crippen LogP contribution in [0.4, 0.5) is 4.39 Å². The zero-order valence-electron chi connectivity index (χ0n) is 11.9. The van der Waals surface area contributed by atoms with E-state index in [0.717, 1.165) is 5.56 Å². The summed E-state index contributed by atoms with van der Waals surface area (Å²) in [4.78, 5) is 36.1. The molecule has 6 nitrogen and oxygen atoms in total. The topological polar surface area (TPSA) is 75.7 Å². The molecule has 0 saturated carbocycles. The van der Waals surface area contributed by atoms with Crippen molar-refractivity contribution in [3.63, 3.8) is 0 Å². The summed E-state index contributed by atoms with van der Waals surface area (Å²) in [5.74, 6) is -1.29. The fourth-order valence-corrected chi connectivity index (χ4v) is 3.17. The molecule has 1 aromatic carbocycles. The first-order chi connectivity index (χ1) is 10.5. The predicted octanol–water partition coefficient (Wildman–Crippen LogP) is 0.689. The lowest BCUT2D eigenvalue weighted by molar-refractivity contribution is -0.141. The second kappa shape index (κ2) is 7.26. The maximum atomic E-state index is 13.0. The predicted molar refractivity (Wildman–Crippen MR) is 78.3 cm³/mol. The van der Waals surface area contributed by atoms with Crippen LogP contribution in [-0.4, -0.2) is 48.6 Å². The number of carbonyl (C=O) groups excluding carboxylic acids is 3. The second-order valence-corrected chi connectivity index (χ2v) is 5.66. The zero-order chi connectivity index (χ0) is 16.1. The van der Waals surface area contributed by atoms with Gasteiger partial charge in [-0.25, -0.2) is 4.39 Å². The van der Waals surface area contributed by atoms with E-state index >= 15 is 0 Å². The maximum absolute atomic E-state index is 13.0. The molecule has 22 heavy (non-hydrogen) atoms. The van der Waals surface area contributed by atoms with Crippen LogP contribution in [0.3, 0.4) is 0 Å². The molecule has 0 bridgehead atoms. The molecule has 0 aliphatic carbocycles. The van der Waals surface area contributed by atoms with Crippen LogP contribution in [0, 0.1) is 5.82 Å². The summed E-state index contributed by atoms with van der Waals surface area (Å²) in [7, 11) is 1.22. The number of thioether (sulfide) groups is 1. The molecule has 1 aliphatic rings. The van der Waals surface area contributed by atoms with Crippen molar-refractivity contribution in [3.8, 4) is 0 Å². The highest BCUT2D eigenvalue weighted by Gasteiger charge is 2.34. The molecule has 0 radical (unpaired) electrons. The first-order valence-electron chi connectivity index (χ1n) is 6.51. The minimum Gasteiger partial charge on any atom is -0.468 e. The van der Waals surface area contributed by atoms with Gasteiger partial charge in [0.05, 0.1) is 12.9 Å². The molecule has 118 valence electrons. The molecule has 2 rings (SSSR count). The Morgan fingerprint density at radius 2 is 2.09 bits per heavy atom. The Balaban J connectivity index is 2.00. The second-order valence-electron chi connectivity index (χ2n) is 4.59. The molecule has 0 aromatic heterocycles. The van der Waals surface area contributed by atoms with E-state index in [1.807, 2.05) is 0 Å². The lowest BCUT2D eigenvalue weighted by atomic mass is 10.2. The maximum Gasteiger partial charge on any atom is 0.325 e. The first kappa shape index (κ1) is 16.3. The van der Waals surface area contributed by atoms with Gasteiger partial charge in [0.1, 0.15) is 24.3 Å². The highest BCUT2D eigenvalue weighted by Crippen LogP contribution is 2.38. The molecule has 1 unspecified atom stereocenters. The first-order valence-corrected chi connectivity index (χ1v) is 7.56. The Morgan fingerprint density at radius 1 is 1.41 bits per heavy atom. The number of amides is 2. The SMILES string of the molecule is COC(=O)CNC(=O)CN1C(=O)CSC1c1ccc(F)cc1. The Labute approximate surface area is 131 Å². The quantitative estimate of drug-likeness (QED) is 0.806. The van der Waals surface area contributed by atoms with Gasteiger partial charge in [-0.15, -0.1) is 11.8 Å². The van der Waals surface area contributed by atoms with Gasteiger partial charge in [0.15, 0.2) is 0 Å². The van der Waals surface area contributed by atoms with Crippen molar-refractivity contribution in [2.45, 2.75) is 5.37 Å². The van der Waals surface area contributed by atoms with Gasteiger partial charge < -0.3 is 15.0 Å². The molecule has 1 saturated heterocycles. The molecule has 1 aliphatic heterocycles. The van der Waals surface area contributed by atoms with Crippen LogP contribution >= 0.6 is 11.8 Å². The molecular weight excluding hydrogens is 311 g/mol. The molecule has 1 aromatic rings. The minimum atomic E-state index is -0.564. The van der Waals surface area contributed by atoms with Crippen LogP contribution < -0.4 is 5.32 Å². The van der Waals surface area contributed by atoms with Crippen LogP contribution in [-0.2, 0) is 19.1 Å². The smallest absolute Gasteiger partial charge is 0.325 e. The van der Waals surface area contributed by atoms with Crippen molar-refractivity contribution in [2.75, 3.05) is 26.0 Å². The van der Waals surface area contributed by atoms with E-state index < -0.39 is 11.9 Å². The van der Waals surface area contributed by atoms with Gasteiger partial charge in [-0.3, -0.25) is 14.4 Å². The van der Waals surface area contributed by atoms with E-state index in [0.29, 0.717) is 0 Å². The van der Waals surface area contributed by atoms with Crippen LogP contribution in [0.15, 0.2) is 24.3 Å². The zero-order valence-corrected chi connectivity index (χ0v) is 12.7. The molecular formula is C14H15FN2O4S. The number of halogens is 1. The lowest BCUT2D eigenvalue weighted by Crippen LogP contribution is -2.41. The highest BCUT2D eigenvalue weighted by atomic mass is 32.2. The van der Waals surface area contributed by atoms with Crippen molar-refractivity contribution in [1.82, 2.24) is 10.2 Å². The van der Waals surface area contributed by atoms with Crippen molar-refractivity contribution < 1.29 is 23.5 Å². The number of benzene rings is 1. The van der Waals surface area contributed by atoms with Gasteiger partial charge >= 0.3 is 5.97 Å². The van der Waals surface area contributed by atoms with Crippen LogP contribution in [0.25, 0.3) is 0 Å². The molecule has 0 spiro atoms. The standard InChI is InChI=1S/C14H15FN2O4S/c1-21-13(20)6-16-11(18)7-17-12(19)8-22-14(17)9-2-4-10(15)5-3-9/h2-5,14H,6-8H2,1H3,(H,16,18). The number of hydrogen-bond donors (Lipinski definition) is 1. The molecule has 1 fully saturated rings. The van der Waals surface area contributed by atoms with E-state index in [4.69, 9.17) is 0 Å². The van der Waals surface area contributed by atoms with Crippen molar-refractivity contribution in [2.24, 2.45) is 0 Å². The summed E-state index contributed by atoms with van der Waals surface area (Å²) in [6.45, 7) is -0.406. The summed E-state index contributed by atoms with van der Waals surface area (Å²) in [6.07, 6.45) is 0. The third-order valence-electron chi connectivity index (χ3n) is 3.09. The molecule has 1 heterocycles.